The van der Waals surface area contributed by atoms with E-state index in [1.807, 2.05) is 44.2 Å². The van der Waals surface area contributed by atoms with Crippen molar-refractivity contribution >= 4 is 21.6 Å². The van der Waals surface area contributed by atoms with Crippen LogP contribution >= 0.6 is 0 Å². The Hall–Kier alpha value is -2.49. The molecule has 1 amide bonds. The molecule has 180 valence electrons. The molecule has 33 heavy (non-hydrogen) atoms. The Morgan fingerprint density at radius 1 is 1.27 bits per heavy atom. The number of carbonyl (C=O) groups excluding carboxylic acids is 1. The highest BCUT2D eigenvalue weighted by molar-refractivity contribution is 7.90. The zero-order valence-electron chi connectivity index (χ0n) is 19.4. The third kappa shape index (κ3) is 6.99. The number of aromatic nitrogens is 1. The molecule has 8 nitrogen and oxygen atoms in total. The fourth-order valence-electron chi connectivity index (χ4n) is 3.92. The van der Waals surface area contributed by atoms with Gasteiger partial charge < -0.3 is 21.1 Å². The molecule has 1 saturated heterocycles. The smallest absolute Gasteiger partial charge is 0.251 e. The number of hydrogen-bond acceptors (Lipinski definition) is 7. The van der Waals surface area contributed by atoms with E-state index in [9.17, 15) is 18.3 Å². The summed E-state index contributed by atoms with van der Waals surface area (Å²) >= 11 is 0. The van der Waals surface area contributed by atoms with Crippen LogP contribution in [0.4, 0.5) is 5.82 Å². The monoisotopic (exact) mass is 474 g/mol. The second-order valence-electron chi connectivity index (χ2n) is 8.77. The number of hydrogen-bond donors (Lipinski definition) is 4. The Balaban J connectivity index is 1.88. The minimum atomic E-state index is -3.62. The van der Waals surface area contributed by atoms with Crippen LogP contribution in [0, 0.1) is 0 Å². The number of nitrogens with one attached hydrogen (secondary N) is 3. The van der Waals surface area contributed by atoms with Crippen molar-refractivity contribution in [1.29, 1.82) is 0 Å². The SMILES string of the molecule is CC[C@H](C)Nc1cc(C(=O)N[C@@H](Cc2ccccc2)[C@H](O)[C@@H]2CCCN2)cc(S(C)(=O)=O)n1. The fraction of sp³-hybridized carbons (Fsp3) is 0.500. The van der Waals surface area contributed by atoms with E-state index in [0.29, 0.717) is 12.2 Å². The highest BCUT2D eigenvalue weighted by Crippen LogP contribution is 2.19. The van der Waals surface area contributed by atoms with Gasteiger partial charge in [0.2, 0.25) is 0 Å². The zero-order valence-corrected chi connectivity index (χ0v) is 20.2. The van der Waals surface area contributed by atoms with Crippen molar-refractivity contribution in [2.45, 2.75) is 68.8 Å². The van der Waals surface area contributed by atoms with E-state index in [-0.39, 0.29) is 22.7 Å². The molecule has 1 aromatic heterocycles. The molecule has 4 atom stereocenters. The van der Waals surface area contributed by atoms with Crippen LogP contribution < -0.4 is 16.0 Å². The van der Waals surface area contributed by atoms with Crippen molar-refractivity contribution in [3.63, 3.8) is 0 Å². The molecule has 0 radical (unpaired) electrons. The van der Waals surface area contributed by atoms with Crippen LogP contribution in [0.3, 0.4) is 0 Å². The van der Waals surface area contributed by atoms with Gasteiger partial charge in [-0.05, 0) is 56.8 Å². The second-order valence-corrected chi connectivity index (χ2v) is 10.7. The number of aliphatic hydroxyl groups is 1. The molecule has 0 aliphatic carbocycles. The van der Waals surface area contributed by atoms with Crippen molar-refractivity contribution in [2.24, 2.45) is 0 Å². The van der Waals surface area contributed by atoms with Crippen LogP contribution in [0.25, 0.3) is 0 Å². The first-order valence-corrected chi connectivity index (χ1v) is 13.3. The van der Waals surface area contributed by atoms with Crippen LogP contribution in [-0.4, -0.2) is 61.4 Å². The highest BCUT2D eigenvalue weighted by Gasteiger charge is 2.31. The van der Waals surface area contributed by atoms with Gasteiger partial charge in [0.15, 0.2) is 14.9 Å². The molecule has 3 rings (SSSR count). The molecular formula is C24H34N4O4S. The Bertz CT molecular complexity index is 1040. The van der Waals surface area contributed by atoms with Gasteiger partial charge in [0, 0.05) is 23.9 Å². The fourth-order valence-corrected chi connectivity index (χ4v) is 4.52. The maximum absolute atomic E-state index is 13.3. The lowest BCUT2D eigenvalue weighted by atomic mass is 9.95. The highest BCUT2D eigenvalue weighted by atomic mass is 32.2. The lowest BCUT2D eigenvalue weighted by molar-refractivity contribution is 0.0737. The second kappa shape index (κ2) is 11.1. The van der Waals surface area contributed by atoms with Gasteiger partial charge in [-0.15, -0.1) is 0 Å². The lowest BCUT2D eigenvalue weighted by Gasteiger charge is -2.29. The van der Waals surface area contributed by atoms with Crippen molar-refractivity contribution in [1.82, 2.24) is 15.6 Å². The summed E-state index contributed by atoms with van der Waals surface area (Å²) in [5.41, 5.74) is 1.17. The summed E-state index contributed by atoms with van der Waals surface area (Å²) in [6.07, 6.45) is 3.35. The van der Waals surface area contributed by atoms with Gasteiger partial charge in [0.1, 0.15) is 5.82 Å². The van der Waals surface area contributed by atoms with Gasteiger partial charge in [0.25, 0.3) is 5.91 Å². The van der Waals surface area contributed by atoms with Crippen LogP contribution in [-0.2, 0) is 16.3 Å². The number of pyridine rings is 1. The average Bonchev–Trinajstić information content (AvgIpc) is 3.33. The van der Waals surface area contributed by atoms with Gasteiger partial charge in [-0.3, -0.25) is 4.79 Å². The minimum absolute atomic E-state index is 0.0595. The van der Waals surface area contributed by atoms with Gasteiger partial charge in [0.05, 0.1) is 12.1 Å². The molecule has 0 unspecified atom stereocenters. The van der Waals surface area contributed by atoms with E-state index in [2.05, 4.69) is 20.9 Å². The molecule has 0 spiro atoms. The van der Waals surface area contributed by atoms with Crippen molar-refractivity contribution in [2.75, 3.05) is 18.1 Å². The number of aliphatic hydroxyl groups excluding tert-OH is 1. The number of rotatable bonds is 10. The van der Waals surface area contributed by atoms with Crippen molar-refractivity contribution in [3.05, 3.63) is 53.6 Å². The van der Waals surface area contributed by atoms with Gasteiger partial charge in [-0.1, -0.05) is 37.3 Å². The lowest BCUT2D eigenvalue weighted by Crippen LogP contribution is -2.52. The summed E-state index contributed by atoms with van der Waals surface area (Å²) in [4.78, 5) is 17.4. The van der Waals surface area contributed by atoms with Gasteiger partial charge in [-0.25, -0.2) is 13.4 Å². The zero-order chi connectivity index (χ0) is 24.0. The van der Waals surface area contributed by atoms with Crippen LogP contribution in [0.2, 0.25) is 0 Å². The number of nitrogens with zero attached hydrogens (tertiary/aromatic N) is 1. The van der Waals surface area contributed by atoms with Crippen molar-refractivity contribution in [3.8, 4) is 0 Å². The first-order chi connectivity index (χ1) is 15.7. The minimum Gasteiger partial charge on any atom is -0.389 e. The number of sulfone groups is 1. The van der Waals surface area contributed by atoms with Crippen molar-refractivity contribution < 1.29 is 18.3 Å². The van der Waals surface area contributed by atoms with Crippen LogP contribution in [0.5, 0.6) is 0 Å². The number of carbonyl (C=O) groups is 1. The normalized spacial score (nSPS) is 19.0. The summed E-state index contributed by atoms with van der Waals surface area (Å²) in [5.74, 6) is -0.123. The Morgan fingerprint density at radius 2 is 2.00 bits per heavy atom. The predicted octanol–water partition coefficient (Wildman–Crippen LogP) is 2.15. The quantitative estimate of drug-likeness (QED) is 0.416. The van der Waals surface area contributed by atoms with E-state index in [1.165, 1.54) is 6.07 Å². The maximum Gasteiger partial charge on any atom is 0.251 e. The third-order valence-electron chi connectivity index (χ3n) is 5.99. The van der Waals surface area contributed by atoms with E-state index < -0.39 is 27.9 Å². The molecule has 0 bridgehead atoms. The van der Waals surface area contributed by atoms with Gasteiger partial charge >= 0.3 is 0 Å². The summed E-state index contributed by atoms with van der Waals surface area (Å²) in [5, 5.41) is 20.3. The topological polar surface area (TPSA) is 120 Å². The molecule has 1 aromatic carbocycles. The summed E-state index contributed by atoms with van der Waals surface area (Å²) < 4.78 is 24.4. The summed E-state index contributed by atoms with van der Waals surface area (Å²) in [6, 6.07) is 11.9. The molecule has 4 N–H and O–H groups in total. The number of benzene rings is 1. The number of amides is 1. The molecule has 2 aromatic rings. The van der Waals surface area contributed by atoms with Crippen LogP contribution in [0.1, 0.15) is 49.0 Å². The average molecular weight is 475 g/mol. The number of anilines is 1. The third-order valence-corrected chi connectivity index (χ3v) is 6.96. The molecule has 1 aliphatic heterocycles. The Labute approximate surface area is 196 Å². The van der Waals surface area contributed by atoms with Gasteiger partial charge in [-0.2, -0.15) is 0 Å². The Morgan fingerprint density at radius 3 is 2.61 bits per heavy atom. The molecule has 9 heteroatoms. The first kappa shape index (κ1) is 25.1. The summed E-state index contributed by atoms with van der Waals surface area (Å²) in [7, 11) is -3.62. The molecule has 1 fully saturated rings. The molecule has 2 heterocycles. The van der Waals surface area contributed by atoms with E-state index in [1.54, 1.807) is 6.07 Å². The van der Waals surface area contributed by atoms with E-state index >= 15 is 0 Å². The van der Waals surface area contributed by atoms with E-state index in [0.717, 1.165) is 37.6 Å². The standard InChI is InChI=1S/C24H34N4O4S/c1-4-16(2)26-21-14-18(15-22(28-21)33(3,31)32)24(30)27-20(13-17-9-6-5-7-10-17)23(29)19-11-8-12-25-19/h5-7,9-10,14-16,19-20,23,25,29H,4,8,11-13H2,1-3H3,(H,26,28)(H,27,30)/t16-,19-,20-,23+/m0/s1. The van der Waals surface area contributed by atoms with Crippen LogP contribution in [0.15, 0.2) is 47.5 Å². The molecule has 1 aliphatic rings. The predicted molar refractivity (Wildman–Crippen MR) is 129 cm³/mol. The maximum atomic E-state index is 13.3. The van der Waals surface area contributed by atoms with E-state index in [4.69, 9.17) is 0 Å². The Kier molecular flexibility index (Phi) is 8.45. The first-order valence-electron chi connectivity index (χ1n) is 11.4. The largest absolute Gasteiger partial charge is 0.389 e. The molecular weight excluding hydrogens is 440 g/mol. The molecule has 0 saturated carbocycles. The summed E-state index contributed by atoms with van der Waals surface area (Å²) in [6.45, 7) is 4.79.